The maximum atomic E-state index is 14.6. The molecular formula is C32H30FN7O3S. The van der Waals surface area contributed by atoms with Crippen molar-refractivity contribution >= 4 is 43.5 Å². The van der Waals surface area contributed by atoms with Gasteiger partial charge in [-0.05, 0) is 59.5 Å². The number of nitrogens with zero attached hydrogens (tertiary/aromatic N) is 4. The number of benzene rings is 2. The van der Waals surface area contributed by atoms with Crippen LogP contribution in [0.4, 0.5) is 10.1 Å². The van der Waals surface area contributed by atoms with Crippen LogP contribution < -0.4 is 5.32 Å². The van der Waals surface area contributed by atoms with E-state index >= 15 is 0 Å². The highest BCUT2D eigenvalue weighted by Gasteiger charge is 2.22. The van der Waals surface area contributed by atoms with Gasteiger partial charge in [-0.25, -0.2) is 22.8 Å². The number of imidazole rings is 1. The van der Waals surface area contributed by atoms with E-state index < -0.39 is 21.1 Å². The SMILES string of the molecule is CC(C)(C)C(=O)Nc1cncc(-c2ccc3[nH]nc(-c4nc5nccc(-c6cc(F)cc(CCS(C)(=O)=O)c6)c5[nH]4)c3c2)c1. The van der Waals surface area contributed by atoms with Crippen LogP contribution in [-0.4, -0.2) is 56.5 Å². The lowest BCUT2D eigenvalue weighted by Crippen LogP contribution is -2.27. The quantitative estimate of drug-likeness (QED) is 0.202. The van der Waals surface area contributed by atoms with Gasteiger partial charge in [0.05, 0.1) is 28.7 Å². The van der Waals surface area contributed by atoms with E-state index in [-0.39, 0.29) is 18.1 Å². The number of fused-ring (bicyclic) bond motifs is 2. The molecule has 44 heavy (non-hydrogen) atoms. The Balaban J connectivity index is 1.37. The molecule has 0 aliphatic heterocycles. The summed E-state index contributed by atoms with van der Waals surface area (Å²) in [5.74, 6) is -0.166. The number of carbonyl (C=O) groups is 1. The van der Waals surface area contributed by atoms with Gasteiger partial charge >= 0.3 is 0 Å². The van der Waals surface area contributed by atoms with E-state index in [0.29, 0.717) is 45.1 Å². The Hall–Kier alpha value is -4.97. The maximum absolute atomic E-state index is 14.6. The van der Waals surface area contributed by atoms with Gasteiger partial charge in [-0.1, -0.05) is 32.9 Å². The molecule has 0 radical (unpaired) electrons. The molecule has 0 aliphatic carbocycles. The van der Waals surface area contributed by atoms with Crippen molar-refractivity contribution in [3.63, 3.8) is 0 Å². The van der Waals surface area contributed by atoms with Crippen LogP contribution in [0.25, 0.3) is 55.8 Å². The highest BCUT2D eigenvalue weighted by molar-refractivity contribution is 7.90. The molecule has 224 valence electrons. The second-order valence-corrected chi connectivity index (χ2v) is 14.1. The van der Waals surface area contributed by atoms with Crippen LogP contribution in [0.5, 0.6) is 0 Å². The second-order valence-electron chi connectivity index (χ2n) is 11.9. The summed E-state index contributed by atoms with van der Waals surface area (Å²) < 4.78 is 38.0. The number of aromatic nitrogens is 6. The molecule has 0 saturated heterocycles. The van der Waals surface area contributed by atoms with E-state index in [1.807, 2.05) is 45.0 Å². The molecule has 3 N–H and O–H groups in total. The van der Waals surface area contributed by atoms with Gasteiger partial charge in [0.15, 0.2) is 11.5 Å². The van der Waals surface area contributed by atoms with Gasteiger partial charge in [-0.3, -0.25) is 14.9 Å². The van der Waals surface area contributed by atoms with E-state index in [0.717, 1.165) is 28.3 Å². The first-order chi connectivity index (χ1) is 20.8. The van der Waals surface area contributed by atoms with Crippen molar-refractivity contribution in [2.24, 2.45) is 5.41 Å². The Morgan fingerprint density at radius 2 is 1.82 bits per heavy atom. The Morgan fingerprint density at radius 1 is 1.00 bits per heavy atom. The van der Waals surface area contributed by atoms with Gasteiger partial charge < -0.3 is 10.3 Å². The number of anilines is 1. The van der Waals surface area contributed by atoms with Crippen LogP contribution in [0.1, 0.15) is 26.3 Å². The van der Waals surface area contributed by atoms with Gasteiger partial charge in [0.2, 0.25) is 5.91 Å². The first kappa shape index (κ1) is 29.1. The lowest BCUT2D eigenvalue weighted by molar-refractivity contribution is -0.123. The molecule has 4 aromatic heterocycles. The van der Waals surface area contributed by atoms with Crippen LogP contribution >= 0.6 is 0 Å². The number of nitrogens with one attached hydrogen (secondary N) is 3. The average Bonchev–Trinajstić information content (AvgIpc) is 3.59. The minimum Gasteiger partial charge on any atom is -0.335 e. The van der Waals surface area contributed by atoms with Gasteiger partial charge in [-0.2, -0.15) is 5.10 Å². The van der Waals surface area contributed by atoms with Crippen LogP contribution in [0.3, 0.4) is 0 Å². The largest absolute Gasteiger partial charge is 0.335 e. The molecule has 10 nitrogen and oxygen atoms in total. The molecule has 0 fully saturated rings. The summed E-state index contributed by atoms with van der Waals surface area (Å²) in [6.45, 7) is 5.55. The summed E-state index contributed by atoms with van der Waals surface area (Å²) in [5.41, 5.74) is 5.97. The fourth-order valence-corrected chi connectivity index (χ4v) is 5.48. The molecule has 4 heterocycles. The number of pyridine rings is 2. The number of amides is 1. The van der Waals surface area contributed by atoms with E-state index in [2.05, 4.69) is 30.5 Å². The number of carbonyl (C=O) groups excluding carboxylic acids is 1. The Bertz CT molecular complexity index is 2160. The first-order valence-electron chi connectivity index (χ1n) is 13.9. The van der Waals surface area contributed by atoms with Crippen LogP contribution in [-0.2, 0) is 21.1 Å². The van der Waals surface area contributed by atoms with Crippen LogP contribution in [0, 0.1) is 11.2 Å². The average molecular weight is 612 g/mol. The zero-order valence-corrected chi connectivity index (χ0v) is 25.4. The molecular weight excluding hydrogens is 581 g/mol. The zero-order chi connectivity index (χ0) is 31.2. The van der Waals surface area contributed by atoms with Gasteiger partial charge in [0.25, 0.3) is 0 Å². The third-order valence-corrected chi connectivity index (χ3v) is 8.17. The first-order valence-corrected chi connectivity index (χ1v) is 16.0. The normalized spacial score (nSPS) is 12.2. The van der Waals surface area contributed by atoms with Crippen molar-refractivity contribution < 1.29 is 17.6 Å². The third-order valence-electron chi connectivity index (χ3n) is 7.22. The topological polar surface area (TPSA) is 146 Å². The second kappa shape index (κ2) is 10.9. The lowest BCUT2D eigenvalue weighted by atomic mass is 9.95. The summed E-state index contributed by atoms with van der Waals surface area (Å²) in [6, 6.07) is 14.0. The number of hydrogen-bond donors (Lipinski definition) is 3. The van der Waals surface area contributed by atoms with Crippen molar-refractivity contribution in [2.75, 3.05) is 17.3 Å². The van der Waals surface area contributed by atoms with E-state index in [1.165, 1.54) is 12.1 Å². The Morgan fingerprint density at radius 3 is 2.59 bits per heavy atom. The van der Waals surface area contributed by atoms with E-state index in [1.54, 1.807) is 30.7 Å². The predicted molar refractivity (Wildman–Crippen MR) is 169 cm³/mol. The van der Waals surface area contributed by atoms with Gasteiger partial charge in [0, 0.05) is 40.6 Å². The number of aromatic amines is 2. The van der Waals surface area contributed by atoms with Crippen molar-refractivity contribution in [1.82, 2.24) is 30.1 Å². The molecule has 2 aromatic carbocycles. The van der Waals surface area contributed by atoms with Crippen molar-refractivity contribution in [1.29, 1.82) is 0 Å². The minimum absolute atomic E-state index is 0.0734. The monoisotopic (exact) mass is 611 g/mol. The number of aryl methyl sites for hydroxylation is 1. The number of sulfone groups is 1. The fourth-order valence-electron chi connectivity index (χ4n) is 4.88. The maximum Gasteiger partial charge on any atom is 0.229 e. The standard InChI is InChI=1S/C32H30FN7O3S/c1-32(2,3)31(41)36-23-14-21(16-34-17-23)19-5-6-26-25(15-19)28(40-39-26)30-37-27-24(7-9-35-29(27)38-30)20-11-18(12-22(33)13-20)8-10-44(4,42)43/h5-7,9,11-17H,8,10H2,1-4H3,(H,36,41)(H,39,40)(H,35,37,38). The number of H-pyrrole nitrogens is 2. The van der Waals surface area contributed by atoms with Gasteiger partial charge in [-0.15, -0.1) is 0 Å². The molecule has 0 unspecified atom stereocenters. The van der Waals surface area contributed by atoms with Crippen LogP contribution in [0.2, 0.25) is 0 Å². The zero-order valence-electron chi connectivity index (χ0n) is 24.6. The summed E-state index contributed by atoms with van der Waals surface area (Å²) in [4.78, 5) is 29.3. The number of hydrogen-bond acceptors (Lipinski definition) is 7. The Kier molecular flexibility index (Phi) is 7.24. The number of halogens is 1. The molecule has 0 atom stereocenters. The van der Waals surface area contributed by atoms with Gasteiger partial charge in [0.1, 0.15) is 21.3 Å². The molecule has 12 heteroatoms. The number of rotatable bonds is 7. The molecule has 6 aromatic rings. The smallest absolute Gasteiger partial charge is 0.229 e. The minimum atomic E-state index is -3.20. The molecule has 0 aliphatic rings. The summed E-state index contributed by atoms with van der Waals surface area (Å²) in [5, 5.41) is 11.3. The summed E-state index contributed by atoms with van der Waals surface area (Å²) in [7, 11) is -3.20. The summed E-state index contributed by atoms with van der Waals surface area (Å²) in [6.07, 6.45) is 6.31. The van der Waals surface area contributed by atoms with E-state index in [4.69, 9.17) is 4.98 Å². The highest BCUT2D eigenvalue weighted by Crippen LogP contribution is 2.33. The lowest BCUT2D eigenvalue weighted by Gasteiger charge is -2.17. The molecule has 1 amide bonds. The van der Waals surface area contributed by atoms with Crippen LogP contribution in [0.15, 0.2) is 67.1 Å². The fraction of sp³-hybridized carbons (Fsp3) is 0.219. The third kappa shape index (κ3) is 6.06. The van der Waals surface area contributed by atoms with Crippen molar-refractivity contribution in [2.45, 2.75) is 27.2 Å². The van der Waals surface area contributed by atoms with Crippen molar-refractivity contribution in [3.8, 4) is 33.8 Å². The van der Waals surface area contributed by atoms with E-state index in [9.17, 15) is 17.6 Å². The Labute approximate surface area is 253 Å². The summed E-state index contributed by atoms with van der Waals surface area (Å²) >= 11 is 0. The molecule has 0 bridgehead atoms. The van der Waals surface area contributed by atoms with Crippen molar-refractivity contribution in [3.05, 3.63) is 78.5 Å². The molecule has 0 saturated carbocycles. The predicted octanol–water partition coefficient (Wildman–Crippen LogP) is 5.94. The molecule has 6 rings (SSSR count). The highest BCUT2D eigenvalue weighted by atomic mass is 32.2. The molecule has 0 spiro atoms.